The number of rotatable bonds is 6. The molecule has 3 rings (SSSR count). The summed E-state index contributed by atoms with van der Waals surface area (Å²) >= 11 is 0. The number of hydrogen-bond acceptors (Lipinski definition) is 3. The van der Waals surface area contributed by atoms with Crippen LogP contribution >= 0.6 is 0 Å². The second-order valence-corrected chi connectivity index (χ2v) is 7.09. The molecule has 0 radical (unpaired) electrons. The normalized spacial score (nSPS) is 16.0. The number of benzene rings is 2. The molecule has 1 N–H and O–H groups in total. The lowest BCUT2D eigenvalue weighted by atomic mass is 10.1. The Hall–Kier alpha value is -2.66. The molecule has 1 aliphatic heterocycles. The van der Waals surface area contributed by atoms with Gasteiger partial charge in [0.05, 0.1) is 0 Å². The predicted molar refractivity (Wildman–Crippen MR) is 106 cm³/mol. The van der Waals surface area contributed by atoms with E-state index in [0.29, 0.717) is 12.0 Å². The van der Waals surface area contributed by atoms with Crippen LogP contribution in [0.3, 0.4) is 0 Å². The average Bonchev–Trinajstić information content (AvgIpc) is 2.70. The van der Waals surface area contributed by atoms with Crippen LogP contribution in [0, 0.1) is 0 Å². The van der Waals surface area contributed by atoms with Crippen LogP contribution in [0.5, 0.6) is 0 Å². The molecule has 0 spiro atoms. The molecule has 1 fully saturated rings. The molecule has 0 aliphatic carbocycles. The quantitative estimate of drug-likeness (QED) is 0.856. The van der Waals surface area contributed by atoms with Crippen LogP contribution in [0.2, 0.25) is 0 Å². The molecule has 2 amide bonds. The van der Waals surface area contributed by atoms with Gasteiger partial charge >= 0.3 is 0 Å². The average molecular weight is 365 g/mol. The number of carbonyl (C=O) groups excluding carboxylic acids is 2. The summed E-state index contributed by atoms with van der Waals surface area (Å²) in [6, 6.07) is 19.3. The van der Waals surface area contributed by atoms with Gasteiger partial charge in [-0.05, 0) is 24.6 Å². The number of piperazine rings is 1. The van der Waals surface area contributed by atoms with Crippen molar-refractivity contribution in [2.75, 3.05) is 26.2 Å². The summed E-state index contributed by atoms with van der Waals surface area (Å²) in [5.41, 5.74) is 1.92. The van der Waals surface area contributed by atoms with E-state index < -0.39 is 0 Å². The lowest BCUT2D eigenvalue weighted by molar-refractivity contribution is -0.133. The fourth-order valence-electron chi connectivity index (χ4n) is 3.34. The maximum atomic E-state index is 12.5. The van der Waals surface area contributed by atoms with E-state index in [9.17, 15) is 9.59 Å². The van der Waals surface area contributed by atoms with Gasteiger partial charge in [0.2, 0.25) is 5.91 Å². The standard InChI is InChI=1S/C22H27N3O2/c1-18(23-22(27)20-10-6-3-7-11-20)16-21(26)25-14-12-24(13-15-25)17-19-8-4-2-5-9-19/h2-11,18H,12-17H2,1H3,(H,23,27)/t18-/m1/s1. The number of nitrogens with one attached hydrogen (secondary N) is 1. The highest BCUT2D eigenvalue weighted by molar-refractivity contribution is 5.94. The van der Waals surface area contributed by atoms with Gasteiger partial charge in [0, 0.05) is 50.7 Å². The lowest BCUT2D eigenvalue weighted by Gasteiger charge is -2.35. The predicted octanol–water partition coefficient (Wildman–Crippen LogP) is 2.54. The minimum atomic E-state index is -0.187. The first-order chi connectivity index (χ1) is 13.1. The van der Waals surface area contributed by atoms with E-state index in [4.69, 9.17) is 0 Å². The van der Waals surface area contributed by atoms with Gasteiger partial charge in [0.15, 0.2) is 0 Å². The van der Waals surface area contributed by atoms with Crippen LogP contribution < -0.4 is 5.32 Å². The zero-order chi connectivity index (χ0) is 19.1. The van der Waals surface area contributed by atoms with E-state index in [1.807, 2.05) is 36.1 Å². The van der Waals surface area contributed by atoms with Crippen molar-refractivity contribution < 1.29 is 9.59 Å². The molecule has 27 heavy (non-hydrogen) atoms. The molecule has 0 saturated carbocycles. The Bertz CT molecular complexity index is 741. The smallest absolute Gasteiger partial charge is 0.251 e. The first-order valence-electron chi connectivity index (χ1n) is 9.52. The second kappa shape index (κ2) is 9.33. The van der Waals surface area contributed by atoms with Crippen molar-refractivity contribution in [1.82, 2.24) is 15.1 Å². The minimum absolute atomic E-state index is 0.107. The molecular formula is C22H27N3O2. The third kappa shape index (κ3) is 5.66. The summed E-state index contributed by atoms with van der Waals surface area (Å²) in [4.78, 5) is 29.0. The molecular weight excluding hydrogens is 338 g/mol. The lowest BCUT2D eigenvalue weighted by Crippen LogP contribution is -2.49. The Morgan fingerprint density at radius 3 is 2.15 bits per heavy atom. The molecule has 0 aromatic heterocycles. The molecule has 1 heterocycles. The van der Waals surface area contributed by atoms with Gasteiger partial charge in [0.1, 0.15) is 0 Å². The van der Waals surface area contributed by atoms with Crippen LogP contribution in [-0.2, 0) is 11.3 Å². The van der Waals surface area contributed by atoms with E-state index in [-0.39, 0.29) is 17.9 Å². The Morgan fingerprint density at radius 2 is 1.52 bits per heavy atom. The van der Waals surface area contributed by atoms with E-state index in [2.05, 4.69) is 34.5 Å². The van der Waals surface area contributed by atoms with Crippen LogP contribution in [0.15, 0.2) is 60.7 Å². The van der Waals surface area contributed by atoms with Gasteiger partial charge < -0.3 is 10.2 Å². The van der Waals surface area contributed by atoms with E-state index >= 15 is 0 Å². The van der Waals surface area contributed by atoms with E-state index in [1.54, 1.807) is 12.1 Å². The van der Waals surface area contributed by atoms with E-state index in [1.165, 1.54) is 5.56 Å². The minimum Gasteiger partial charge on any atom is -0.349 e. The first-order valence-corrected chi connectivity index (χ1v) is 9.52. The Kier molecular flexibility index (Phi) is 6.60. The zero-order valence-electron chi connectivity index (χ0n) is 15.8. The molecule has 5 nitrogen and oxygen atoms in total. The molecule has 1 atom stereocenters. The molecule has 2 aromatic carbocycles. The Morgan fingerprint density at radius 1 is 0.926 bits per heavy atom. The molecule has 2 aromatic rings. The molecule has 1 saturated heterocycles. The summed E-state index contributed by atoms with van der Waals surface area (Å²) in [7, 11) is 0. The van der Waals surface area contributed by atoms with Crippen LogP contribution in [0.25, 0.3) is 0 Å². The number of amides is 2. The number of nitrogens with zero attached hydrogens (tertiary/aromatic N) is 2. The van der Waals surface area contributed by atoms with Crippen LogP contribution in [-0.4, -0.2) is 53.8 Å². The second-order valence-electron chi connectivity index (χ2n) is 7.09. The van der Waals surface area contributed by atoms with Gasteiger partial charge in [-0.3, -0.25) is 14.5 Å². The molecule has 0 unspecified atom stereocenters. The van der Waals surface area contributed by atoms with Gasteiger partial charge in [-0.25, -0.2) is 0 Å². The van der Waals surface area contributed by atoms with Crippen molar-refractivity contribution in [3.63, 3.8) is 0 Å². The van der Waals surface area contributed by atoms with Gasteiger partial charge in [-0.2, -0.15) is 0 Å². The molecule has 1 aliphatic rings. The molecule has 0 bridgehead atoms. The highest BCUT2D eigenvalue weighted by Crippen LogP contribution is 2.10. The van der Waals surface area contributed by atoms with Gasteiger partial charge in [0.25, 0.3) is 5.91 Å². The van der Waals surface area contributed by atoms with Crippen molar-refractivity contribution in [3.8, 4) is 0 Å². The molecule has 5 heteroatoms. The summed E-state index contributed by atoms with van der Waals surface area (Å²) < 4.78 is 0. The van der Waals surface area contributed by atoms with Crippen LogP contribution in [0.1, 0.15) is 29.3 Å². The third-order valence-corrected chi connectivity index (χ3v) is 4.87. The fraction of sp³-hybridized carbons (Fsp3) is 0.364. The van der Waals surface area contributed by atoms with Crippen molar-refractivity contribution >= 4 is 11.8 Å². The van der Waals surface area contributed by atoms with Crippen molar-refractivity contribution in [1.29, 1.82) is 0 Å². The summed E-state index contributed by atoms with van der Waals surface area (Å²) in [5, 5.41) is 2.91. The third-order valence-electron chi connectivity index (χ3n) is 4.87. The van der Waals surface area contributed by atoms with Crippen molar-refractivity contribution in [2.24, 2.45) is 0 Å². The zero-order valence-corrected chi connectivity index (χ0v) is 15.8. The van der Waals surface area contributed by atoms with Gasteiger partial charge in [-0.15, -0.1) is 0 Å². The Balaban J connectivity index is 1.42. The maximum absolute atomic E-state index is 12.5. The maximum Gasteiger partial charge on any atom is 0.251 e. The highest BCUT2D eigenvalue weighted by Gasteiger charge is 2.23. The van der Waals surface area contributed by atoms with Gasteiger partial charge in [-0.1, -0.05) is 48.5 Å². The van der Waals surface area contributed by atoms with Crippen LogP contribution in [0.4, 0.5) is 0 Å². The molecule has 142 valence electrons. The SMILES string of the molecule is C[C@H](CC(=O)N1CCN(Cc2ccccc2)CC1)NC(=O)c1ccccc1. The topological polar surface area (TPSA) is 52.7 Å². The monoisotopic (exact) mass is 365 g/mol. The summed E-state index contributed by atoms with van der Waals surface area (Å²) in [5.74, 6) is -0.0289. The summed E-state index contributed by atoms with van der Waals surface area (Å²) in [6.45, 7) is 6.05. The number of hydrogen-bond donors (Lipinski definition) is 1. The fourth-order valence-corrected chi connectivity index (χ4v) is 3.34. The highest BCUT2D eigenvalue weighted by atomic mass is 16.2. The number of carbonyl (C=O) groups is 2. The Labute approximate surface area is 161 Å². The van der Waals surface area contributed by atoms with Crippen molar-refractivity contribution in [2.45, 2.75) is 25.9 Å². The largest absolute Gasteiger partial charge is 0.349 e. The van der Waals surface area contributed by atoms with E-state index in [0.717, 1.165) is 32.7 Å². The first kappa shape index (κ1) is 19.1. The summed E-state index contributed by atoms with van der Waals surface area (Å²) in [6.07, 6.45) is 0.331. The van der Waals surface area contributed by atoms with Crippen molar-refractivity contribution in [3.05, 3.63) is 71.8 Å².